The van der Waals surface area contributed by atoms with E-state index in [0.717, 1.165) is 58.3 Å². The first-order valence-corrected chi connectivity index (χ1v) is 10.1. The summed E-state index contributed by atoms with van der Waals surface area (Å²) in [7, 11) is 1.60. The molecule has 0 bridgehead atoms. The normalized spacial score (nSPS) is 16.9. The quantitative estimate of drug-likeness (QED) is 0.578. The molecule has 0 radical (unpaired) electrons. The molecule has 5 rings (SSSR count). The summed E-state index contributed by atoms with van der Waals surface area (Å²) in [5, 5.41) is 0.982. The fourth-order valence-electron chi connectivity index (χ4n) is 5.04. The minimum Gasteiger partial charge on any atom is -0.380 e. The van der Waals surface area contributed by atoms with Crippen molar-refractivity contribution in [2.24, 2.45) is 5.73 Å². The van der Waals surface area contributed by atoms with Crippen molar-refractivity contribution in [3.8, 4) is 11.4 Å². The van der Waals surface area contributed by atoms with Gasteiger partial charge in [0.2, 0.25) is 0 Å². The summed E-state index contributed by atoms with van der Waals surface area (Å²) in [4.78, 5) is 18.1. The van der Waals surface area contributed by atoms with Crippen LogP contribution >= 0.6 is 0 Å². The topological polar surface area (TPSA) is 70.1 Å². The zero-order chi connectivity index (χ0) is 20.4. The van der Waals surface area contributed by atoms with Gasteiger partial charge in [-0.15, -0.1) is 0 Å². The summed E-state index contributed by atoms with van der Waals surface area (Å²) >= 11 is 0. The highest BCUT2D eigenvalue weighted by atomic mass is 19.1. The van der Waals surface area contributed by atoms with Crippen LogP contribution in [-0.4, -0.2) is 16.7 Å². The van der Waals surface area contributed by atoms with Gasteiger partial charge in [0.15, 0.2) is 0 Å². The van der Waals surface area contributed by atoms with E-state index in [1.807, 2.05) is 19.9 Å². The standard InChI is InChI=1S/C23H24FN3O2/c1-4-12-7-19-22-14(9-27(19)23(28)15(12)10-29-3)20-17(25)6-5-13-11(2)16(24)8-18(26-22)21(13)20/h7-8,17H,4-6,9-10,25H2,1-3H3. The number of fused-ring (bicyclic) bond motifs is 4. The van der Waals surface area contributed by atoms with E-state index < -0.39 is 0 Å². The maximum absolute atomic E-state index is 14.6. The molecule has 0 saturated carbocycles. The molecule has 6 heteroatoms. The average molecular weight is 393 g/mol. The lowest BCUT2D eigenvalue weighted by Gasteiger charge is -2.26. The SMILES string of the molecule is CCc1cc2n(c(=O)c1COC)Cc1c-2nc2cc(F)c(C)c3c2c1C(N)CC3. The maximum atomic E-state index is 14.6. The van der Waals surface area contributed by atoms with Crippen molar-refractivity contribution in [3.63, 3.8) is 0 Å². The van der Waals surface area contributed by atoms with Gasteiger partial charge >= 0.3 is 0 Å². The zero-order valence-corrected chi connectivity index (χ0v) is 16.9. The van der Waals surface area contributed by atoms with Crippen molar-refractivity contribution in [3.05, 3.63) is 61.7 Å². The van der Waals surface area contributed by atoms with Gasteiger partial charge in [-0.3, -0.25) is 4.79 Å². The summed E-state index contributed by atoms with van der Waals surface area (Å²) < 4.78 is 21.6. The fraction of sp³-hybridized carbons (Fsp3) is 0.391. The minimum atomic E-state index is -0.235. The van der Waals surface area contributed by atoms with Crippen LogP contribution in [0.1, 0.15) is 52.8 Å². The van der Waals surface area contributed by atoms with E-state index in [1.54, 1.807) is 11.7 Å². The number of hydrogen-bond donors (Lipinski definition) is 1. The number of rotatable bonds is 3. The molecule has 1 atom stereocenters. The maximum Gasteiger partial charge on any atom is 0.257 e. The molecule has 3 aromatic rings. The molecule has 0 amide bonds. The van der Waals surface area contributed by atoms with E-state index in [-0.39, 0.29) is 24.0 Å². The molecule has 0 fully saturated rings. The molecule has 1 aliphatic heterocycles. The number of aromatic nitrogens is 2. The molecule has 1 unspecified atom stereocenters. The van der Waals surface area contributed by atoms with E-state index in [0.29, 0.717) is 23.2 Å². The Morgan fingerprint density at radius 1 is 1.34 bits per heavy atom. The summed E-state index contributed by atoms with van der Waals surface area (Å²) in [5.41, 5.74) is 14.1. The van der Waals surface area contributed by atoms with Crippen molar-refractivity contribution >= 4 is 10.9 Å². The number of hydrogen-bond acceptors (Lipinski definition) is 4. The number of nitrogens with two attached hydrogens (primary N) is 1. The molecule has 150 valence electrons. The lowest BCUT2D eigenvalue weighted by Crippen LogP contribution is -2.25. The number of aryl methyl sites for hydroxylation is 2. The third kappa shape index (κ3) is 2.45. The highest BCUT2D eigenvalue weighted by molar-refractivity contribution is 5.92. The Morgan fingerprint density at radius 2 is 2.14 bits per heavy atom. The summed E-state index contributed by atoms with van der Waals surface area (Å²) in [6.07, 6.45) is 2.25. The van der Waals surface area contributed by atoms with Gasteiger partial charge in [0.05, 0.1) is 30.1 Å². The Kier molecular flexibility index (Phi) is 4.12. The van der Waals surface area contributed by atoms with Crippen LogP contribution in [0.3, 0.4) is 0 Å². The van der Waals surface area contributed by atoms with Gasteiger partial charge in [0.25, 0.3) is 5.56 Å². The lowest BCUT2D eigenvalue weighted by molar-refractivity contribution is 0.182. The second-order valence-corrected chi connectivity index (χ2v) is 8.07. The van der Waals surface area contributed by atoms with Gasteiger partial charge in [-0.25, -0.2) is 9.37 Å². The highest BCUT2D eigenvalue weighted by Gasteiger charge is 2.33. The van der Waals surface area contributed by atoms with Crippen LogP contribution in [-0.2, 0) is 30.7 Å². The predicted molar refractivity (Wildman–Crippen MR) is 111 cm³/mol. The number of benzene rings is 1. The predicted octanol–water partition coefficient (Wildman–Crippen LogP) is 3.53. The molecule has 2 N–H and O–H groups in total. The first-order valence-electron chi connectivity index (χ1n) is 10.1. The van der Waals surface area contributed by atoms with Crippen LogP contribution < -0.4 is 11.3 Å². The van der Waals surface area contributed by atoms with Gasteiger partial charge in [-0.1, -0.05) is 6.92 Å². The Labute approximate surface area is 168 Å². The number of nitrogens with zero attached hydrogens (tertiary/aromatic N) is 2. The van der Waals surface area contributed by atoms with Crippen molar-refractivity contribution in [1.82, 2.24) is 9.55 Å². The van der Waals surface area contributed by atoms with Crippen LogP contribution in [0.25, 0.3) is 22.3 Å². The highest BCUT2D eigenvalue weighted by Crippen LogP contribution is 2.43. The Bertz CT molecular complexity index is 1250. The van der Waals surface area contributed by atoms with E-state index in [1.165, 1.54) is 6.07 Å². The average Bonchev–Trinajstić information content (AvgIpc) is 3.07. The molecular formula is C23H24FN3O2. The summed E-state index contributed by atoms with van der Waals surface area (Å²) in [6.45, 7) is 4.58. The van der Waals surface area contributed by atoms with Crippen molar-refractivity contribution in [1.29, 1.82) is 0 Å². The third-order valence-electron chi connectivity index (χ3n) is 6.54. The summed E-state index contributed by atoms with van der Waals surface area (Å²) in [6, 6.07) is 3.41. The Morgan fingerprint density at radius 3 is 2.86 bits per heavy atom. The molecule has 29 heavy (non-hydrogen) atoms. The largest absolute Gasteiger partial charge is 0.380 e. The van der Waals surface area contributed by atoms with Crippen molar-refractivity contribution < 1.29 is 9.13 Å². The van der Waals surface area contributed by atoms with Crippen LogP contribution in [0.15, 0.2) is 16.9 Å². The molecule has 2 aliphatic rings. The Hall–Kier alpha value is -2.57. The molecule has 3 heterocycles. The molecule has 0 spiro atoms. The van der Waals surface area contributed by atoms with E-state index in [9.17, 15) is 9.18 Å². The lowest BCUT2D eigenvalue weighted by atomic mass is 9.82. The molecule has 2 aromatic heterocycles. The first-order chi connectivity index (χ1) is 14.0. The van der Waals surface area contributed by atoms with Crippen LogP contribution in [0, 0.1) is 12.7 Å². The Balaban J connectivity index is 1.86. The zero-order valence-electron chi connectivity index (χ0n) is 16.9. The molecular weight excluding hydrogens is 369 g/mol. The van der Waals surface area contributed by atoms with Gasteiger partial charge < -0.3 is 15.0 Å². The van der Waals surface area contributed by atoms with Gasteiger partial charge in [0, 0.05) is 35.7 Å². The van der Waals surface area contributed by atoms with Crippen LogP contribution in [0.2, 0.25) is 0 Å². The van der Waals surface area contributed by atoms with Gasteiger partial charge in [-0.05, 0) is 54.5 Å². The second-order valence-electron chi connectivity index (χ2n) is 8.07. The number of methoxy groups -OCH3 is 1. The van der Waals surface area contributed by atoms with Gasteiger partial charge in [-0.2, -0.15) is 0 Å². The molecule has 5 nitrogen and oxygen atoms in total. The van der Waals surface area contributed by atoms with Gasteiger partial charge in [0.1, 0.15) is 5.82 Å². The number of pyridine rings is 2. The van der Waals surface area contributed by atoms with Crippen molar-refractivity contribution in [2.45, 2.75) is 52.3 Å². The number of halogens is 1. The smallest absolute Gasteiger partial charge is 0.257 e. The van der Waals surface area contributed by atoms with E-state index in [4.69, 9.17) is 15.5 Å². The van der Waals surface area contributed by atoms with Crippen LogP contribution in [0.4, 0.5) is 4.39 Å². The minimum absolute atomic E-state index is 0.0394. The summed E-state index contributed by atoms with van der Waals surface area (Å²) in [5.74, 6) is -0.235. The third-order valence-corrected chi connectivity index (χ3v) is 6.54. The second kappa shape index (κ2) is 6.47. The van der Waals surface area contributed by atoms with E-state index >= 15 is 0 Å². The molecule has 1 aromatic carbocycles. The fourth-order valence-corrected chi connectivity index (χ4v) is 5.04. The number of ether oxygens (including phenoxy) is 1. The van der Waals surface area contributed by atoms with Crippen LogP contribution in [0.5, 0.6) is 0 Å². The van der Waals surface area contributed by atoms with E-state index in [2.05, 4.69) is 0 Å². The molecule has 1 aliphatic carbocycles. The monoisotopic (exact) mass is 393 g/mol. The first kappa shape index (κ1) is 18.5. The molecule has 0 saturated heterocycles. The van der Waals surface area contributed by atoms with Crippen molar-refractivity contribution in [2.75, 3.05) is 7.11 Å².